The van der Waals surface area contributed by atoms with Crippen LogP contribution < -0.4 is 10.6 Å². The molecule has 0 aliphatic carbocycles. The third-order valence-corrected chi connectivity index (χ3v) is 2.77. The normalized spacial score (nSPS) is 11.9. The molecule has 100 valence electrons. The fourth-order valence-electron chi connectivity index (χ4n) is 1.70. The summed E-state index contributed by atoms with van der Waals surface area (Å²) < 4.78 is 1.75. The quantitative estimate of drug-likeness (QED) is 0.884. The number of nitrogens with zero attached hydrogens (tertiary/aromatic N) is 3. The van der Waals surface area contributed by atoms with Gasteiger partial charge in [0.25, 0.3) is 0 Å². The molecule has 2 amide bonds. The van der Waals surface area contributed by atoms with Gasteiger partial charge in [-0.05, 0) is 31.5 Å². The summed E-state index contributed by atoms with van der Waals surface area (Å²) in [5.41, 5.74) is 1.69. The maximum atomic E-state index is 11.8. The van der Waals surface area contributed by atoms with Gasteiger partial charge >= 0.3 is 6.03 Å². The average molecular weight is 259 g/mol. The van der Waals surface area contributed by atoms with Gasteiger partial charge in [-0.25, -0.2) is 4.79 Å². The number of hydrogen-bond acceptors (Lipinski definition) is 3. The molecule has 0 bridgehead atoms. The van der Waals surface area contributed by atoms with Crippen molar-refractivity contribution in [2.24, 2.45) is 0 Å². The zero-order valence-electron chi connectivity index (χ0n) is 11.0. The first kappa shape index (κ1) is 13.1. The summed E-state index contributed by atoms with van der Waals surface area (Å²) in [6.07, 6.45) is 6.82. The summed E-state index contributed by atoms with van der Waals surface area (Å²) in [7, 11) is 0. The Morgan fingerprint density at radius 2 is 2.16 bits per heavy atom. The molecule has 2 N–H and O–H groups in total. The van der Waals surface area contributed by atoms with Gasteiger partial charge in [0.2, 0.25) is 0 Å². The van der Waals surface area contributed by atoms with Crippen LogP contribution in [0.3, 0.4) is 0 Å². The van der Waals surface area contributed by atoms with Crippen molar-refractivity contribution in [3.8, 4) is 0 Å². The number of amides is 2. The molecule has 2 heterocycles. The Morgan fingerprint density at radius 3 is 2.79 bits per heavy atom. The molecule has 0 spiro atoms. The van der Waals surface area contributed by atoms with E-state index < -0.39 is 0 Å². The highest BCUT2D eigenvalue weighted by atomic mass is 16.2. The molecule has 0 aliphatic heterocycles. The molecule has 0 fully saturated rings. The Labute approximate surface area is 111 Å². The van der Waals surface area contributed by atoms with Crippen LogP contribution in [0.25, 0.3) is 0 Å². The number of urea groups is 1. The van der Waals surface area contributed by atoms with E-state index in [-0.39, 0.29) is 12.1 Å². The number of hydrogen-bond donors (Lipinski definition) is 2. The molecule has 1 atom stereocenters. The molecule has 2 aromatic heterocycles. The van der Waals surface area contributed by atoms with Crippen molar-refractivity contribution in [2.45, 2.75) is 26.4 Å². The van der Waals surface area contributed by atoms with Crippen molar-refractivity contribution in [3.63, 3.8) is 0 Å². The third-order valence-electron chi connectivity index (χ3n) is 2.77. The Morgan fingerprint density at radius 1 is 1.42 bits per heavy atom. The van der Waals surface area contributed by atoms with Crippen molar-refractivity contribution in [1.82, 2.24) is 20.1 Å². The molecule has 6 heteroatoms. The highest BCUT2D eigenvalue weighted by Crippen LogP contribution is 2.11. The van der Waals surface area contributed by atoms with Gasteiger partial charge in [-0.1, -0.05) is 0 Å². The predicted molar refractivity (Wildman–Crippen MR) is 72.7 cm³/mol. The smallest absolute Gasteiger partial charge is 0.319 e. The second-order valence-electron chi connectivity index (χ2n) is 4.19. The van der Waals surface area contributed by atoms with E-state index in [1.807, 2.05) is 26.0 Å². The Bertz CT molecular complexity index is 537. The van der Waals surface area contributed by atoms with Gasteiger partial charge in [0.1, 0.15) is 0 Å². The van der Waals surface area contributed by atoms with Crippen molar-refractivity contribution < 1.29 is 4.79 Å². The van der Waals surface area contributed by atoms with Crippen LogP contribution in [0.4, 0.5) is 10.5 Å². The molecular weight excluding hydrogens is 242 g/mol. The summed E-state index contributed by atoms with van der Waals surface area (Å²) in [6.45, 7) is 4.68. The van der Waals surface area contributed by atoms with Crippen molar-refractivity contribution in [3.05, 3.63) is 42.5 Å². The van der Waals surface area contributed by atoms with E-state index in [0.29, 0.717) is 5.69 Å². The number of aromatic nitrogens is 3. The minimum atomic E-state index is -0.250. The number of nitrogens with one attached hydrogen (secondary N) is 2. The van der Waals surface area contributed by atoms with E-state index in [1.54, 1.807) is 29.5 Å². The zero-order chi connectivity index (χ0) is 13.7. The van der Waals surface area contributed by atoms with Crippen LogP contribution in [0.15, 0.2) is 36.9 Å². The maximum absolute atomic E-state index is 11.8. The SMILES string of the molecule is CCn1cc(NC(=O)N[C@H](C)c2ccncc2)cn1. The summed E-state index contributed by atoms with van der Waals surface area (Å²) in [5.74, 6) is 0. The fourth-order valence-corrected chi connectivity index (χ4v) is 1.70. The number of anilines is 1. The molecule has 2 rings (SSSR count). The standard InChI is InChI=1S/C13H17N5O/c1-3-18-9-12(8-15-18)17-13(19)16-10(2)11-4-6-14-7-5-11/h4-10H,3H2,1-2H3,(H2,16,17,19)/t10-/m1/s1. The summed E-state index contributed by atoms with van der Waals surface area (Å²) in [4.78, 5) is 15.8. The fraction of sp³-hybridized carbons (Fsp3) is 0.308. The summed E-state index contributed by atoms with van der Waals surface area (Å²) >= 11 is 0. The molecule has 0 unspecified atom stereocenters. The molecule has 19 heavy (non-hydrogen) atoms. The van der Waals surface area contributed by atoms with Crippen molar-refractivity contribution >= 4 is 11.7 Å². The first-order valence-electron chi connectivity index (χ1n) is 6.19. The zero-order valence-corrected chi connectivity index (χ0v) is 11.0. The van der Waals surface area contributed by atoms with Crippen LogP contribution in [0.1, 0.15) is 25.5 Å². The van der Waals surface area contributed by atoms with E-state index in [1.165, 1.54) is 0 Å². The largest absolute Gasteiger partial charge is 0.331 e. The van der Waals surface area contributed by atoms with Gasteiger partial charge in [-0.15, -0.1) is 0 Å². The van der Waals surface area contributed by atoms with E-state index in [4.69, 9.17) is 0 Å². The molecule has 6 nitrogen and oxygen atoms in total. The van der Waals surface area contributed by atoms with Crippen LogP contribution in [0.5, 0.6) is 0 Å². The van der Waals surface area contributed by atoms with Crippen LogP contribution in [0, 0.1) is 0 Å². The molecule has 0 saturated heterocycles. The maximum Gasteiger partial charge on any atom is 0.319 e. The van der Waals surface area contributed by atoms with Gasteiger partial charge in [0.15, 0.2) is 0 Å². The van der Waals surface area contributed by atoms with E-state index in [2.05, 4.69) is 20.7 Å². The second-order valence-corrected chi connectivity index (χ2v) is 4.19. The molecule has 0 aromatic carbocycles. The number of pyridine rings is 1. The molecule has 0 aliphatic rings. The predicted octanol–water partition coefficient (Wildman–Crippen LogP) is 2.18. The second kappa shape index (κ2) is 5.99. The lowest BCUT2D eigenvalue weighted by Crippen LogP contribution is -2.31. The van der Waals surface area contributed by atoms with Crippen molar-refractivity contribution in [2.75, 3.05) is 5.32 Å². The lowest BCUT2D eigenvalue weighted by atomic mass is 10.1. The number of aryl methyl sites for hydroxylation is 1. The van der Waals surface area contributed by atoms with Gasteiger partial charge in [-0.3, -0.25) is 9.67 Å². The third kappa shape index (κ3) is 3.54. The minimum Gasteiger partial charge on any atom is -0.331 e. The summed E-state index contributed by atoms with van der Waals surface area (Å²) in [6, 6.07) is 3.42. The first-order valence-corrected chi connectivity index (χ1v) is 6.19. The lowest BCUT2D eigenvalue weighted by Gasteiger charge is -2.14. The number of carbonyl (C=O) groups excluding carboxylic acids is 1. The highest BCUT2D eigenvalue weighted by molar-refractivity contribution is 5.89. The van der Waals surface area contributed by atoms with E-state index >= 15 is 0 Å². The van der Waals surface area contributed by atoms with Crippen LogP contribution in [-0.2, 0) is 6.54 Å². The van der Waals surface area contributed by atoms with Gasteiger partial charge < -0.3 is 10.6 Å². The molecular formula is C13H17N5O. The molecule has 2 aromatic rings. The lowest BCUT2D eigenvalue weighted by molar-refractivity contribution is 0.249. The summed E-state index contributed by atoms with van der Waals surface area (Å²) in [5, 5.41) is 9.70. The number of carbonyl (C=O) groups is 1. The van der Waals surface area contributed by atoms with Crippen LogP contribution in [-0.4, -0.2) is 20.8 Å². The monoisotopic (exact) mass is 259 g/mol. The molecule has 0 saturated carbocycles. The van der Waals surface area contributed by atoms with Gasteiger partial charge in [-0.2, -0.15) is 5.10 Å². The van der Waals surface area contributed by atoms with Crippen molar-refractivity contribution in [1.29, 1.82) is 0 Å². The van der Waals surface area contributed by atoms with Crippen LogP contribution in [0.2, 0.25) is 0 Å². The average Bonchev–Trinajstić information content (AvgIpc) is 2.87. The van der Waals surface area contributed by atoms with Crippen LogP contribution >= 0.6 is 0 Å². The Balaban J connectivity index is 1.91. The topological polar surface area (TPSA) is 71.8 Å². The first-order chi connectivity index (χ1) is 9.19. The van der Waals surface area contributed by atoms with Gasteiger partial charge in [0, 0.05) is 25.1 Å². The number of rotatable bonds is 4. The highest BCUT2D eigenvalue weighted by Gasteiger charge is 2.09. The minimum absolute atomic E-state index is 0.0794. The van der Waals surface area contributed by atoms with E-state index in [0.717, 1.165) is 12.1 Å². The Kier molecular flexibility index (Phi) is 4.12. The van der Waals surface area contributed by atoms with E-state index in [9.17, 15) is 4.79 Å². The Hall–Kier alpha value is -2.37. The van der Waals surface area contributed by atoms with Gasteiger partial charge in [0.05, 0.1) is 17.9 Å². The molecule has 0 radical (unpaired) electrons.